The molecule has 3 rings (SSSR count). The van der Waals surface area contributed by atoms with Crippen LogP contribution in [0, 0.1) is 6.92 Å². The van der Waals surface area contributed by atoms with E-state index >= 15 is 0 Å². The summed E-state index contributed by atoms with van der Waals surface area (Å²) < 4.78 is 0. The molecule has 0 unspecified atom stereocenters. The van der Waals surface area contributed by atoms with E-state index in [-0.39, 0.29) is 11.9 Å². The van der Waals surface area contributed by atoms with E-state index in [1.54, 1.807) is 22.7 Å². The first-order valence-corrected chi connectivity index (χ1v) is 10.1. The molecule has 0 aliphatic carbocycles. The minimum absolute atomic E-state index is 0.0326. The first kappa shape index (κ1) is 17.9. The Morgan fingerprint density at radius 2 is 1.80 bits per heavy atom. The van der Waals surface area contributed by atoms with E-state index < -0.39 is 0 Å². The topological polar surface area (TPSA) is 41.1 Å². The molecule has 25 heavy (non-hydrogen) atoms. The van der Waals surface area contributed by atoms with E-state index in [1.807, 2.05) is 12.1 Å². The summed E-state index contributed by atoms with van der Waals surface area (Å²) in [7, 11) is 0. The van der Waals surface area contributed by atoms with Crippen LogP contribution in [0.1, 0.15) is 26.9 Å². The highest BCUT2D eigenvalue weighted by Gasteiger charge is 2.16. The van der Waals surface area contributed by atoms with Gasteiger partial charge in [-0.25, -0.2) is 0 Å². The molecule has 0 radical (unpaired) electrons. The van der Waals surface area contributed by atoms with Crippen LogP contribution < -0.4 is 10.6 Å². The third-order valence-electron chi connectivity index (χ3n) is 3.98. The lowest BCUT2D eigenvalue weighted by Crippen LogP contribution is -2.36. The van der Waals surface area contributed by atoms with Gasteiger partial charge in [0.2, 0.25) is 5.91 Å². The minimum Gasteiger partial charge on any atom is -0.355 e. The van der Waals surface area contributed by atoms with Crippen molar-refractivity contribution in [2.75, 3.05) is 13.1 Å². The fraction of sp³-hybridized carbons (Fsp3) is 0.250. The Bertz CT molecular complexity index is 765. The lowest BCUT2D eigenvalue weighted by atomic mass is 10.0. The second kappa shape index (κ2) is 8.94. The van der Waals surface area contributed by atoms with Crippen LogP contribution in [-0.4, -0.2) is 19.0 Å². The molecule has 2 N–H and O–H groups in total. The summed E-state index contributed by atoms with van der Waals surface area (Å²) >= 11 is 3.43. The van der Waals surface area contributed by atoms with Gasteiger partial charge < -0.3 is 5.32 Å². The number of hydrogen-bond acceptors (Lipinski definition) is 4. The Morgan fingerprint density at radius 3 is 2.48 bits per heavy atom. The van der Waals surface area contributed by atoms with Crippen molar-refractivity contribution >= 4 is 28.6 Å². The van der Waals surface area contributed by atoms with Crippen LogP contribution in [0.5, 0.6) is 0 Å². The van der Waals surface area contributed by atoms with Gasteiger partial charge in [-0.05, 0) is 41.8 Å². The van der Waals surface area contributed by atoms with Crippen molar-refractivity contribution in [3.05, 3.63) is 80.2 Å². The molecule has 2 aromatic heterocycles. The lowest BCUT2D eigenvalue weighted by Gasteiger charge is -2.18. The van der Waals surface area contributed by atoms with Crippen LogP contribution in [0.2, 0.25) is 0 Å². The van der Waals surface area contributed by atoms with E-state index in [9.17, 15) is 4.79 Å². The third kappa shape index (κ3) is 5.26. The van der Waals surface area contributed by atoms with Gasteiger partial charge in [0.15, 0.2) is 0 Å². The monoisotopic (exact) mass is 370 g/mol. The quantitative estimate of drug-likeness (QED) is 0.625. The molecule has 0 bridgehead atoms. The summed E-state index contributed by atoms with van der Waals surface area (Å²) in [5, 5.41) is 10.5. The van der Waals surface area contributed by atoms with E-state index in [2.05, 4.69) is 64.7 Å². The Balaban J connectivity index is 1.55. The van der Waals surface area contributed by atoms with Gasteiger partial charge in [-0.1, -0.05) is 42.0 Å². The van der Waals surface area contributed by atoms with Crippen LogP contribution in [0.3, 0.4) is 0 Å². The summed E-state index contributed by atoms with van der Waals surface area (Å²) in [6.07, 6.45) is 0.885. The summed E-state index contributed by atoms with van der Waals surface area (Å²) in [4.78, 5) is 14.7. The molecule has 0 saturated carbocycles. The standard InChI is InChI=1S/C20H22N2OS2/c1-15-6-8-16(9-7-15)20(18-5-3-13-25-18)22-14-19(23)21-11-10-17-4-2-12-24-17/h2-9,12-13,20,22H,10-11,14H2,1H3,(H,21,23)/t20-/m1/s1. The SMILES string of the molecule is Cc1ccc([C@@H](NCC(=O)NCCc2cccs2)c2cccs2)cc1. The van der Waals surface area contributed by atoms with Crippen LogP contribution in [0.4, 0.5) is 0 Å². The number of hydrogen-bond donors (Lipinski definition) is 2. The van der Waals surface area contributed by atoms with Gasteiger partial charge in [0.05, 0.1) is 12.6 Å². The molecule has 0 aliphatic heterocycles. The number of amides is 1. The van der Waals surface area contributed by atoms with Crippen molar-refractivity contribution < 1.29 is 4.79 Å². The molecule has 130 valence electrons. The lowest BCUT2D eigenvalue weighted by molar-refractivity contribution is -0.120. The fourth-order valence-corrected chi connectivity index (χ4v) is 4.17. The number of thiophene rings is 2. The number of rotatable bonds is 8. The van der Waals surface area contributed by atoms with E-state index in [0.717, 1.165) is 6.42 Å². The first-order valence-electron chi connectivity index (χ1n) is 8.35. The molecule has 0 spiro atoms. The maximum atomic E-state index is 12.2. The smallest absolute Gasteiger partial charge is 0.233 e. The minimum atomic E-state index is 0.0326. The zero-order valence-corrected chi connectivity index (χ0v) is 15.8. The molecule has 3 nitrogen and oxygen atoms in total. The first-order chi connectivity index (χ1) is 12.2. The van der Waals surface area contributed by atoms with Crippen molar-refractivity contribution in [3.63, 3.8) is 0 Å². The molecule has 5 heteroatoms. The summed E-state index contributed by atoms with van der Waals surface area (Å²) in [5.74, 6) is 0.0326. The highest BCUT2D eigenvalue weighted by Crippen LogP contribution is 2.26. The maximum absolute atomic E-state index is 12.2. The van der Waals surface area contributed by atoms with E-state index in [4.69, 9.17) is 0 Å². The van der Waals surface area contributed by atoms with Crippen molar-refractivity contribution in [1.29, 1.82) is 0 Å². The summed E-state index contributed by atoms with van der Waals surface area (Å²) in [6, 6.07) is 16.8. The third-order valence-corrected chi connectivity index (χ3v) is 5.85. The van der Waals surface area contributed by atoms with Crippen molar-refractivity contribution in [2.45, 2.75) is 19.4 Å². The second-order valence-electron chi connectivity index (χ2n) is 5.92. The van der Waals surface area contributed by atoms with Gasteiger partial charge in [0.1, 0.15) is 0 Å². The van der Waals surface area contributed by atoms with Crippen LogP contribution in [0.15, 0.2) is 59.3 Å². The normalized spacial score (nSPS) is 12.0. The Hall–Kier alpha value is -1.95. The molecular formula is C20H22N2OS2. The number of carbonyl (C=O) groups excluding carboxylic acids is 1. The Kier molecular flexibility index (Phi) is 6.39. The molecular weight excluding hydrogens is 348 g/mol. The second-order valence-corrected chi connectivity index (χ2v) is 7.93. The fourth-order valence-electron chi connectivity index (χ4n) is 2.63. The van der Waals surface area contributed by atoms with E-state index in [1.165, 1.54) is 20.9 Å². The van der Waals surface area contributed by atoms with Crippen molar-refractivity contribution in [3.8, 4) is 0 Å². The highest BCUT2D eigenvalue weighted by molar-refractivity contribution is 7.10. The highest BCUT2D eigenvalue weighted by atomic mass is 32.1. The van der Waals surface area contributed by atoms with Crippen molar-refractivity contribution in [1.82, 2.24) is 10.6 Å². The molecule has 2 heterocycles. The molecule has 3 aromatic rings. The number of nitrogens with one attached hydrogen (secondary N) is 2. The zero-order valence-electron chi connectivity index (χ0n) is 14.2. The number of aryl methyl sites for hydroxylation is 1. The number of benzene rings is 1. The predicted molar refractivity (Wildman–Crippen MR) is 106 cm³/mol. The zero-order chi connectivity index (χ0) is 17.5. The average Bonchev–Trinajstić information content (AvgIpc) is 3.30. The molecule has 0 fully saturated rings. The summed E-state index contributed by atoms with van der Waals surface area (Å²) in [6.45, 7) is 3.06. The van der Waals surface area contributed by atoms with Gasteiger partial charge in [-0.2, -0.15) is 0 Å². The number of carbonyl (C=O) groups is 1. The van der Waals surface area contributed by atoms with Gasteiger partial charge in [-0.15, -0.1) is 22.7 Å². The molecule has 1 aromatic carbocycles. The largest absolute Gasteiger partial charge is 0.355 e. The molecule has 0 saturated heterocycles. The van der Waals surface area contributed by atoms with Gasteiger partial charge in [0, 0.05) is 16.3 Å². The molecule has 1 atom stereocenters. The van der Waals surface area contributed by atoms with Crippen LogP contribution >= 0.6 is 22.7 Å². The molecule has 1 amide bonds. The maximum Gasteiger partial charge on any atom is 0.233 e. The predicted octanol–water partition coefficient (Wildman–Crippen LogP) is 4.16. The van der Waals surface area contributed by atoms with E-state index in [0.29, 0.717) is 13.1 Å². The van der Waals surface area contributed by atoms with Gasteiger partial charge in [0.25, 0.3) is 0 Å². The van der Waals surface area contributed by atoms with Gasteiger partial charge >= 0.3 is 0 Å². The van der Waals surface area contributed by atoms with Crippen molar-refractivity contribution in [2.24, 2.45) is 0 Å². The average molecular weight is 371 g/mol. The molecule has 0 aliphatic rings. The summed E-state index contributed by atoms with van der Waals surface area (Å²) in [5.41, 5.74) is 2.42. The Labute approximate surface area is 156 Å². The van der Waals surface area contributed by atoms with Crippen LogP contribution in [0.25, 0.3) is 0 Å². The van der Waals surface area contributed by atoms with Crippen LogP contribution in [-0.2, 0) is 11.2 Å². The van der Waals surface area contributed by atoms with Gasteiger partial charge in [-0.3, -0.25) is 10.1 Å². The Morgan fingerprint density at radius 1 is 1.04 bits per heavy atom.